The maximum absolute atomic E-state index is 6.31. The molecule has 1 saturated heterocycles. The van der Waals surface area contributed by atoms with Crippen molar-refractivity contribution in [2.75, 3.05) is 13.2 Å². The van der Waals surface area contributed by atoms with Crippen LogP contribution in [0.5, 0.6) is 0 Å². The first-order chi connectivity index (χ1) is 9.67. The van der Waals surface area contributed by atoms with E-state index in [4.69, 9.17) is 26.6 Å². The Morgan fingerprint density at radius 2 is 2.00 bits per heavy atom. The predicted octanol–water partition coefficient (Wildman–Crippen LogP) is 2.28. The number of rotatable bonds is 3. The molecule has 20 heavy (non-hydrogen) atoms. The van der Waals surface area contributed by atoms with Crippen LogP contribution >= 0.6 is 11.6 Å². The topological polar surface area (TPSA) is 74.2 Å². The van der Waals surface area contributed by atoms with Gasteiger partial charge in [-0.05, 0) is 24.5 Å². The largest absolute Gasteiger partial charge is 0.381 e. The minimum atomic E-state index is -0.565. The molecule has 0 aliphatic carbocycles. The lowest BCUT2D eigenvalue weighted by Crippen LogP contribution is -2.42. The van der Waals surface area contributed by atoms with Gasteiger partial charge < -0.3 is 15.0 Å². The van der Waals surface area contributed by atoms with E-state index in [1.165, 1.54) is 0 Å². The van der Waals surface area contributed by atoms with Gasteiger partial charge in [0.15, 0.2) is 5.82 Å². The minimum Gasteiger partial charge on any atom is -0.381 e. The SMILES string of the molecule is NC1(c2nc(Cc3ccccc3Cl)no2)CCOCC1. The Morgan fingerprint density at radius 1 is 1.25 bits per heavy atom. The van der Waals surface area contributed by atoms with Crippen LogP contribution in [0.1, 0.15) is 30.1 Å². The lowest BCUT2D eigenvalue weighted by atomic mass is 9.91. The van der Waals surface area contributed by atoms with Crippen molar-refractivity contribution in [3.8, 4) is 0 Å². The molecule has 1 aliphatic rings. The minimum absolute atomic E-state index is 0.489. The summed E-state index contributed by atoms with van der Waals surface area (Å²) in [5.74, 6) is 1.09. The summed E-state index contributed by atoms with van der Waals surface area (Å²) in [6.07, 6.45) is 1.93. The van der Waals surface area contributed by atoms with Gasteiger partial charge in [-0.15, -0.1) is 0 Å². The highest BCUT2D eigenvalue weighted by Gasteiger charge is 2.35. The monoisotopic (exact) mass is 293 g/mol. The summed E-state index contributed by atoms with van der Waals surface area (Å²) in [4.78, 5) is 4.43. The molecule has 0 radical (unpaired) electrons. The van der Waals surface area contributed by atoms with Crippen LogP contribution in [0.2, 0.25) is 5.02 Å². The molecule has 2 N–H and O–H groups in total. The van der Waals surface area contributed by atoms with Crippen LogP contribution in [0.15, 0.2) is 28.8 Å². The van der Waals surface area contributed by atoms with Crippen LogP contribution in [0.4, 0.5) is 0 Å². The van der Waals surface area contributed by atoms with Crippen LogP contribution < -0.4 is 5.73 Å². The third-order valence-electron chi connectivity index (χ3n) is 3.59. The molecule has 2 heterocycles. The van der Waals surface area contributed by atoms with Gasteiger partial charge in [0, 0.05) is 24.7 Å². The Bertz CT molecular complexity index is 594. The van der Waals surface area contributed by atoms with Crippen LogP contribution in [0.25, 0.3) is 0 Å². The summed E-state index contributed by atoms with van der Waals surface area (Å²) < 4.78 is 10.7. The maximum atomic E-state index is 6.31. The van der Waals surface area contributed by atoms with Crippen molar-refractivity contribution >= 4 is 11.6 Å². The van der Waals surface area contributed by atoms with Crippen molar-refractivity contribution in [2.45, 2.75) is 24.8 Å². The number of nitrogens with zero attached hydrogens (tertiary/aromatic N) is 2. The molecule has 0 saturated carbocycles. The van der Waals surface area contributed by atoms with Gasteiger partial charge in [-0.2, -0.15) is 4.98 Å². The molecule has 5 nitrogen and oxygen atoms in total. The van der Waals surface area contributed by atoms with Crippen LogP contribution in [-0.2, 0) is 16.7 Å². The molecule has 3 rings (SSSR count). The van der Waals surface area contributed by atoms with E-state index in [9.17, 15) is 0 Å². The first kappa shape index (κ1) is 13.5. The standard InChI is InChI=1S/C14H16ClN3O2/c15-11-4-2-1-3-10(11)9-12-17-13(20-18-12)14(16)5-7-19-8-6-14/h1-4H,5-9,16H2. The Labute approximate surface area is 122 Å². The van der Waals surface area contributed by atoms with Gasteiger partial charge in [0.2, 0.25) is 5.89 Å². The summed E-state index contributed by atoms with van der Waals surface area (Å²) in [7, 11) is 0. The van der Waals surface area contributed by atoms with Crippen molar-refractivity contribution in [3.05, 3.63) is 46.6 Å². The predicted molar refractivity (Wildman–Crippen MR) is 74.5 cm³/mol. The number of nitrogens with two attached hydrogens (primary N) is 1. The fraction of sp³-hybridized carbons (Fsp3) is 0.429. The van der Waals surface area contributed by atoms with E-state index in [-0.39, 0.29) is 0 Å². The normalized spacial score (nSPS) is 18.1. The van der Waals surface area contributed by atoms with Crippen LogP contribution in [0.3, 0.4) is 0 Å². The van der Waals surface area contributed by atoms with E-state index < -0.39 is 5.54 Å². The average Bonchev–Trinajstić information content (AvgIpc) is 2.92. The van der Waals surface area contributed by atoms with Gasteiger partial charge in [0.25, 0.3) is 0 Å². The zero-order chi connectivity index (χ0) is 14.0. The Morgan fingerprint density at radius 3 is 2.75 bits per heavy atom. The molecule has 0 unspecified atom stereocenters. The summed E-state index contributed by atoms with van der Waals surface area (Å²) in [5.41, 5.74) is 6.72. The van der Waals surface area contributed by atoms with E-state index in [0.29, 0.717) is 49.2 Å². The molecule has 2 aromatic rings. The van der Waals surface area contributed by atoms with E-state index in [1.807, 2.05) is 24.3 Å². The summed E-state index contributed by atoms with van der Waals surface area (Å²) in [6, 6.07) is 7.63. The average molecular weight is 294 g/mol. The van der Waals surface area contributed by atoms with Crippen molar-refractivity contribution in [3.63, 3.8) is 0 Å². The Hall–Kier alpha value is -1.43. The Balaban J connectivity index is 1.78. The fourth-order valence-electron chi connectivity index (χ4n) is 2.29. The first-order valence-electron chi connectivity index (χ1n) is 6.60. The number of ether oxygens (including phenoxy) is 1. The smallest absolute Gasteiger partial charge is 0.246 e. The molecule has 6 heteroatoms. The number of aromatic nitrogens is 2. The zero-order valence-electron chi connectivity index (χ0n) is 11.0. The second kappa shape index (κ2) is 5.52. The number of halogens is 1. The van der Waals surface area contributed by atoms with Crippen LogP contribution in [0, 0.1) is 0 Å². The molecule has 1 aliphatic heterocycles. The van der Waals surface area contributed by atoms with Gasteiger partial charge in [-0.3, -0.25) is 0 Å². The van der Waals surface area contributed by atoms with Gasteiger partial charge in [0.05, 0.1) is 0 Å². The third-order valence-corrected chi connectivity index (χ3v) is 3.95. The molecular weight excluding hydrogens is 278 g/mol. The highest BCUT2D eigenvalue weighted by molar-refractivity contribution is 6.31. The lowest BCUT2D eigenvalue weighted by Gasteiger charge is -2.29. The lowest BCUT2D eigenvalue weighted by molar-refractivity contribution is 0.0400. The van der Waals surface area contributed by atoms with Crippen LogP contribution in [-0.4, -0.2) is 23.4 Å². The quantitative estimate of drug-likeness (QED) is 0.940. The maximum Gasteiger partial charge on any atom is 0.246 e. The highest BCUT2D eigenvalue weighted by Crippen LogP contribution is 2.28. The summed E-state index contributed by atoms with van der Waals surface area (Å²) >= 11 is 6.13. The second-order valence-corrected chi connectivity index (χ2v) is 5.46. The van der Waals surface area contributed by atoms with E-state index in [1.54, 1.807) is 0 Å². The number of hydrogen-bond acceptors (Lipinski definition) is 5. The fourth-order valence-corrected chi connectivity index (χ4v) is 2.49. The van der Waals surface area contributed by atoms with Gasteiger partial charge in [-0.1, -0.05) is 35.0 Å². The molecule has 0 atom stereocenters. The molecule has 0 bridgehead atoms. The Kier molecular flexibility index (Phi) is 3.74. The van der Waals surface area contributed by atoms with Gasteiger partial charge in [-0.25, -0.2) is 0 Å². The summed E-state index contributed by atoms with van der Waals surface area (Å²) in [5, 5.41) is 4.71. The third kappa shape index (κ3) is 2.70. The van der Waals surface area contributed by atoms with Gasteiger partial charge >= 0.3 is 0 Å². The molecule has 1 aromatic heterocycles. The van der Waals surface area contributed by atoms with E-state index in [0.717, 1.165) is 5.56 Å². The molecule has 0 amide bonds. The highest BCUT2D eigenvalue weighted by atomic mass is 35.5. The van der Waals surface area contributed by atoms with Crippen molar-refractivity contribution < 1.29 is 9.26 Å². The number of hydrogen-bond donors (Lipinski definition) is 1. The second-order valence-electron chi connectivity index (χ2n) is 5.05. The molecule has 106 valence electrons. The van der Waals surface area contributed by atoms with Crippen molar-refractivity contribution in [1.29, 1.82) is 0 Å². The molecule has 1 aromatic carbocycles. The van der Waals surface area contributed by atoms with Gasteiger partial charge in [0.1, 0.15) is 5.54 Å². The summed E-state index contributed by atoms with van der Waals surface area (Å²) in [6.45, 7) is 1.25. The molecular formula is C14H16ClN3O2. The molecule has 1 fully saturated rings. The van der Waals surface area contributed by atoms with Crippen molar-refractivity contribution in [2.24, 2.45) is 5.73 Å². The van der Waals surface area contributed by atoms with Crippen molar-refractivity contribution in [1.82, 2.24) is 10.1 Å². The number of benzene rings is 1. The molecule has 0 spiro atoms. The first-order valence-corrected chi connectivity index (χ1v) is 6.98. The van der Waals surface area contributed by atoms with E-state index >= 15 is 0 Å². The van der Waals surface area contributed by atoms with E-state index in [2.05, 4.69) is 10.1 Å². The zero-order valence-corrected chi connectivity index (χ0v) is 11.8.